The first-order valence-electron chi connectivity index (χ1n) is 11.4. The zero-order valence-electron chi connectivity index (χ0n) is 19.8. The minimum absolute atomic E-state index is 0.189. The van der Waals surface area contributed by atoms with Crippen LogP contribution < -0.4 is 5.32 Å². The summed E-state index contributed by atoms with van der Waals surface area (Å²) in [4.78, 5) is 7.81. The Labute approximate surface area is 188 Å². The fourth-order valence-corrected chi connectivity index (χ4v) is 4.24. The number of hydroxylamine groups is 2. The van der Waals surface area contributed by atoms with Crippen molar-refractivity contribution in [3.8, 4) is 11.1 Å². The lowest BCUT2D eigenvalue weighted by molar-refractivity contribution is -0.117. The second-order valence-corrected chi connectivity index (χ2v) is 10.2. The van der Waals surface area contributed by atoms with E-state index in [1.165, 1.54) is 5.56 Å². The van der Waals surface area contributed by atoms with E-state index in [1.807, 2.05) is 17.2 Å². The topological polar surface area (TPSA) is 48.0 Å². The summed E-state index contributed by atoms with van der Waals surface area (Å²) in [5.74, 6) is 0. The Morgan fingerprint density at radius 2 is 1.81 bits per heavy atom. The Balaban J connectivity index is 1.72. The van der Waals surface area contributed by atoms with Gasteiger partial charge in [0.25, 0.3) is 0 Å². The molecule has 2 N–H and O–H groups in total. The van der Waals surface area contributed by atoms with Crippen LogP contribution in [0, 0.1) is 5.41 Å². The van der Waals surface area contributed by atoms with Gasteiger partial charge < -0.3 is 10.0 Å². The molecule has 0 saturated carbocycles. The summed E-state index contributed by atoms with van der Waals surface area (Å²) >= 11 is 0. The highest BCUT2D eigenvalue weighted by Crippen LogP contribution is 2.26. The molecule has 1 saturated heterocycles. The number of hydrogen-bond donors (Lipinski definition) is 2. The molecule has 5 nitrogen and oxygen atoms in total. The molecule has 1 aliphatic heterocycles. The van der Waals surface area contributed by atoms with Gasteiger partial charge in [0.15, 0.2) is 0 Å². The van der Waals surface area contributed by atoms with Crippen LogP contribution in [0.15, 0.2) is 48.5 Å². The normalized spacial score (nSPS) is 17.3. The Morgan fingerprint density at radius 3 is 2.45 bits per heavy atom. The quantitative estimate of drug-likeness (QED) is 0.582. The summed E-state index contributed by atoms with van der Waals surface area (Å²) in [6.07, 6.45) is 1.38. The molecule has 1 aliphatic rings. The van der Waals surface area contributed by atoms with Crippen LogP contribution in [-0.2, 0) is 11.4 Å². The largest absolute Gasteiger partial charge is 0.374 e. The molecule has 0 aliphatic carbocycles. The molecule has 1 unspecified atom stereocenters. The molecule has 5 heteroatoms. The van der Waals surface area contributed by atoms with Crippen molar-refractivity contribution < 1.29 is 9.94 Å². The standard InChI is InChI=1S/C26H39N3O2/c1-26(2,3)17-24(19-28(4)5)27-25(30)23-12-7-11-22(16-23)21-10-6-9-20(15-21)18-29-13-8-14-31-29/h6-7,9-12,15-16,24-25,27,30H,8,13-14,17-19H2,1-5H3/t24-,25?/m0/s1. The minimum atomic E-state index is -0.701. The highest BCUT2D eigenvalue weighted by atomic mass is 16.7. The monoisotopic (exact) mass is 425 g/mol. The van der Waals surface area contributed by atoms with Gasteiger partial charge in [-0.2, -0.15) is 5.06 Å². The number of rotatable bonds is 9. The molecule has 170 valence electrons. The van der Waals surface area contributed by atoms with E-state index in [-0.39, 0.29) is 11.5 Å². The maximum atomic E-state index is 11.0. The fraction of sp³-hybridized carbons (Fsp3) is 0.538. The lowest BCUT2D eigenvalue weighted by Gasteiger charge is -2.31. The van der Waals surface area contributed by atoms with E-state index in [2.05, 4.69) is 81.5 Å². The van der Waals surface area contributed by atoms with E-state index in [1.54, 1.807) is 0 Å². The van der Waals surface area contributed by atoms with Crippen LogP contribution in [0.3, 0.4) is 0 Å². The molecule has 3 rings (SSSR count). The molecule has 1 fully saturated rings. The summed E-state index contributed by atoms with van der Waals surface area (Å²) in [6, 6.07) is 17.0. The van der Waals surface area contributed by atoms with Crippen molar-refractivity contribution in [3.63, 3.8) is 0 Å². The maximum absolute atomic E-state index is 11.0. The summed E-state index contributed by atoms with van der Waals surface area (Å²) < 4.78 is 0. The van der Waals surface area contributed by atoms with E-state index in [0.29, 0.717) is 0 Å². The summed E-state index contributed by atoms with van der Waals surface area (Å²) in [5, 5.41) is 16.4. The van der Waals surface area contributed by atoms with E-state index >= 15 is 0 Å². The molecule has 0 bridgehead atoms. The van der Waals surface area contributed by atoms with E-state index in [9.17, 15) is 5.11 Å². The predicted molar refractivity (Wildman–Crippen MR) is 127 cm³/mol. The average molecular weight is 426 g/mol. The van der Waals surface area contributed by atoms with Crippen LogP contribution in [0.4, 0.5) is 0 Å². The Kier molecular flexibility index (Phi) is 8.25. The third-order valence-corrected chi connectivity index (χ3v) is 5.49. The Morgan fingerprint density at radius 1 is 1.10 bits per heavy atom. The molecule has 2 aromatic rings. The van der Waals surface area contributed by atoms with Crippen LogP contribution in [0.5, 0.6) is 0 Å². The highest BCUT2D eigenvalue weighted by Gasteiger charge is 2.22. The van der Waals surface area contributed by atoms with Gasteiger partial charge in [-0.15, -0.1) is 0 Å². The highest BCUT2D eigenvalue weighted by molar-refractivity contribution is 5.65. The van der Waals surface area contributed by atoms with Gasteiger partial charge in [0.05, 0.1) is 6.61 Å². The molecule has 1 heterocycles. The smallest absolute Gasteiger partial charge is 0.131 e. The molecule has 0 spiro atoms. The number of nitrogens with one attached hydrogen (secondary N) is 1. The lowest BCUT2D eigenvalue weighted by Crippen LogP contribution is -2.42. The number of likely N-dealkylation sites (N-methyl/N-ethyl adjacent to an activating group) is 1. The summed E-state index contributed by atoms with van der Waals surface area (Å²) in [6.45, 7) is 10.2. The third-order valence-electron chi connectivity index (χ3n) is 5.49. The van der Waals surface area contributed by atoms with Crippen molar-refractivity contribution >= 4 is 0 Å². The molecular formula is C26H39N3O2. The molecule has 31 heavy (non-hydrogen) atoms. The van der Waals surface area contributed by atoms with Gasteiger partial charge in [-0.1, -0.05) is 57.2 Å². The molecule has 2 atom stereocenters. The van der Waals surface area contributed by atoms with Gasteiger partial charge in [0, 0.05) is 25.7 Å². The summed E-state index contributed by atoms with van der Waals surface area (Å²) in [5.41, 5.74) is 4.59. The van der Waals surface area contributed by atoms with Gasteiger partial charge in [0.1, 0.15) is 6.23 Å². The van der Waals surface area contributed by atoms with Crippen molar-refractivity contribution in [2.24, 2.45) is 5.41 Å². The maximum Gasteiger partial charge on any atom is 0.131 e. The van der Waals surface area contributed by atoms with Gasteiger partial charge in [-0.05, 0) is 66.7 Å². The zero-order valence-corrected chi connectivity index (χ0v) is 19.8. The van der Waals surface area contributed by atoms with Gasteiger partial charge in [0.2, 0.25) is 0 Å². The van der Waals surface area contributed by atoms with Crippen LogP contribution in [0.2, 0.25) is 0 Å². The van der Waals surface area contributed by atoms with E-state index < -0.39 is 6.23 Å². The van der Waals surface area contributed by atoms with E-state index in [4.69, 9.17) is 4.84 Å². The minimum Gasteiger partial charge on any atom is -0.374 e. The third kappa shape index (κ3) is 7.70. The van der Waals surface area contributed by atoms with Crippen molar-refractivity contribution in [1.82, 2.24) is 15.3 Å². The first kappa shape index (κ1) is 23.9. The van der Waals surface area contributed by atoms with Gasteiger partial charge in [-0.25, -0.2) is 0 Å². The van der Waals surface area contributed by atoms with Crippen molar-refractivity contribution in [2.75, 3.05) is 33.8 Å². The molecule has 0 aromatic heterocycles. The SMILES string of the molecule is CN(C)C[C@H](CC(C)(C)C)NC(O)c1cccc(-c2cccc(CN3CCCO3)c2)c1. The zero-order chi connectivity index (χ0) is 22.4. The van der Waals surface area contributed by atoms with Crippen molar-refractivity contribution in [3.05, 3.63) is 59.7 Å². The first-order valence-corrected chi connectivity index (χ1v) is 11.4. The van der Waals surface area contributed by atoms with Crippen LogP contribution in [0.1, 0.15) is 51.0 Å². The van der Waals surface area contributed by atoms with E-state index in [0.717, 1.165) is 55.8 Å². The average Bonchev–Trinajstić information content (AvgIpc) is 3.19. The van der Waals surface area contributed by atoms with Crippen LogP contribution in [-0.4, -0.2) is 54.9 Å². The van der Waals surface area contributed by atoms with Crippen LogP contribution >= 0.6 is 0 Å². The number of nitrogens with zero attached hydrogens (tertiary/aromatic N) is 2. The number of aliphatic hydroxyl groups excluding tert-OH is 1. The Hall–Kier alpha value is -1.76. The Bertz CT molecular complexity index is 825. The number of hydrogen-bond acceptors (Lipinski definition) is 5. The molecule has 0 radical (unpaired) electrons. The van der Waals surface area contributed by atoms with Gasteiger partial charge in [-0.3, -0.25) is 10.2 Å². The summed E-state index contributed by atoms with van der Waals surface area (Å²) in [7, 11) is 4.15. The number of benzene rings is 2. The van der Waals surface area contributed by atoms with Crippen molar-refractivity contribution in [2.45, 2.75) is 52.4 Å². The second-order valence-electron chi connectivity index (χ2n) is 10.2. The predicted octanol–water partition coefficient (Wildman–Crippen LogP) is 4.44. The number of aliphatic hydroxyl groups is 1. The molecule has 0 amide bonds. The van der Waals surface area contributed by atoms with Gasteiger partial charge >= 0.3 is 0 Å². The lowest BCUT2D eigenvalue weighted by atomic mass is 9.87. The molecule has 2 aromatic carbocycles. The molecular weight excluding hydrogens is 386 g/mol. The second kappa shape index (κ2) is 10.7. The fourth-order valence-electron chi connectivity index (χ4n) is 4.24. The van der Waals surface area contributed by atoms with Crippen molar-refractivity contribution in [1.29, 1.82) is 0 Å². The van der Waals surface area contributed by atoms with Crippen LogP contribution in [0.25, 0.3) is 11.1 Å². The first-order chi connectivity index (χ1) is 14.7.